The molecule has 0 aliphatic carbocycles. The first-order chi connectivity index (χ1) is 15.9. The number of rotatable bonds is 14. The highest BCUT2D eigenvalue weighted by atomic mass is 16.5. The van der Waals surface area contributed by atoms with Crippen LogP contribution in [0, 0.1) is 0 Å². The second-order valence-corrected chi connectivity index (χ2v) is 7.09. The standard InChI is InChI=1S/C23H29N3O7/c1-31-10-11-32-12-13-33-15-21(27)25-18-6-2-16(3-7-18)14-20(24)22(28)26-19-8-4-17(5-9-19)23(29)30/h2-9,20H,10-15,24H2,1H3,(H,25,27)(H,26,28)(H,29,30)/t20-/m0/s1. The van der Waals surface area contributed by atoms with Crippen molar-refractivity contribution in [3.05, 3.63) is 59.7 Å². The van der Waals surface area contributed by atoms with Crippen LogP contribution in [0.1, 0.15) is 15.9 Å². The van der Waals surface area contributed by atoms with Gasteiger partial charge in [0.1, 0.15) is 6.61 Å². The van der Waals surface area contributed by atoms with Crippen LogP contribution in [0.25, 0.3) is 0 Å². The third-order valence-corrected chi connectivity index (χ3v) is 4.47. The molecule has 0 fully saturated rings. The van der Waals surface area contributed by atoms with E-state index >= 15 is 0 Å². The normalized spacial score (nSPS) is 11.6. The SMILES string of the molecule is COCCOCCOCC(=O)Nc1ccc(C[C@H](N)C(=O)Nc2ccc(C(=O)O)cc2)cc1. The minimum atomic E-state index is -1.04. The van der Waals surface area contributed by atoms with Gasteiger partial charge in [0.2, 0.25) is 11.8 Å². The molecule has 0 saturated heterocycles. The zero-order valence-electron chi connectivity index (χ0n) is 18.4. The van der Waals surface area contributed by atoms with Crippen LogP contribution in [0.2, 0.25) is 0 Å². The highest BCUT2D eigenvalue weighted by Gasteiger charge is 2.15. The Morgan fingerprint density at radius 2 is 1.45 bits per heavy atom. The van der Waals surface area contributed by atoms with Crippen molar-refractivity contribution in [1.29, 1.82) is 0 Å². The Morgan fingerprint density at radius 3 is 2.09 bits per heavy atom. The number of aromatic carboxylic acids is 1. The fraction of sp³-hybridized carbons (Fsp3) is 0.348. The van der Waals surface area contributed by atoms with Gasteiger partial charge in [0, 0.05) is 18.5 Å². The van der Waals surface area contributed by atoms with Gasteiger partial charge < -0.3 is 35.7 Å². The minimum absolute atomic E-state index is 0.0894. The molecule has 0 aliphatic rings. The molecule has 0 unspecified atom stereocenters. The van der Waals surface area contributed by atoms with Crippen molar-refractivity contribution < 1.29 is 33.7 Å². The average molecular weight is 459 g/mol. The number of carboxylic acid groups (broad SMARTS) is 1. The monoisotopic (exact) mass is 459 g/mol. The van der Waals surface area contributed by atoms with Gasteiger partial charge in [0.05, 0.1) is 38.0 Å². The number of hydrogen-bond donors (Lipinski definition) is 4. The fourth-order valence-corrected chi connectivity index (χ4v) is 2.73. The number of nitrogens with two attached hydrogens (primary N) is 1. The van der Waals surface area contributed by atoms with E-state index in [0.29, 0.717) is 44.2 Å². The van der Waals surface area contributed by atoms with Crippen molar-refractivity contribution in [3.63, 3.8) is 0 Å². The molecule has 0 radical (unpaired) electrons. The summed E-state index contributed by atoms with van der Waals surface area (Å²) in [4.78, 5) is 35.1. The van der Waals surface area contributed by atoms with Gasteiger partial charge in [-0.3, -0.25) is 9.59 Å². The summed E-state index contributed by atoms with van der Waals surface area (Å²) >= 11 is 0. The zero-order chi connectivity index (χ0) is 24.1. The second kappa shape index (κ2) is 14.0. The summed E-state index contributed by atoms with van der Waals surface area (Å²) in [5.41, 5.74) is 8.00. The number of carbonyl (C=O) groups excluding carboxylic acids is 2. The minimum Gasteiger partial charge on any atom is -0.478 e. The van der Waals surface area contributed by atoms with Gasteiger partial charge in [-0.25, -0.2) is 4.79 Å². The molecule has 0 heterocycles. The van der Waals surface area contributed by atoms with Crippen LogP contribution in [0.3, 0.4) is 0 Å². The van der Waals surface area contributed by atoms with E-state index in [0.717, 1.165) is 5.56 Å². The molecule has 2 aromatic rings. The van der Waals surface area contributed by atoms with Gasteiger partial charge in [-0.2, -0.15) is 0 Å². The van der Waals surface area contributed by atoms with Crippen molar-refractivity contribution in [2.24, 2.45) is 5.73 Å². The Labute approximate surface area is 192 Å². The van der Waals surface area contributed by atoms with E-state index < -0.39 is 12.0 Å². The van der Waals surface area contributed by atoms with E-state index in [2.05, 4.69) is 10.6 Å². The van der Waals surface area contributed by atoms with E-state index in [9.17, 15) is 14.4 Å². The van der Waals surface area contributed by atoms with Crippen LogP contribution >= 0.6 is 0 Å². The van der Waals surface area contributed by atoms with Crippen molar-refractivity contribution >= 4 is 29.2 Å². The first-order valence-corrected chi connectivity index (χ1v) is 10.3. The summed E-state index contributed by atoms with van der Waals surface area (Å²) in [7, 11) is 1.59. The number of nitrogens with one attached hydrogen (secondary N) is 2. The molecule has 0 spiro atoms. The van der Waals surface area contributed by atoms with Gasteiger partial charge >= 0.3 is 5.97 Å². The van der Waals surface area contributed by atoms with Gasteiger partial charge in [0.25, 0.3) is 0 Å². The van der Waals surface area contributed by atoms with Crippen LogP contribution in [0.5, 0.6) is 0 Å². The lowest BCUT2D eigenvalue weighted by molar-refractivity contribution is -0.121. The number of amides is 2. The summed E-state index contributed by atoms with van der Waals surface area (Å²) in [6, 6.07) is 12.0. The number of ether oxygens (including phenoxy) is 3. The molecular weight excluding hydrogens is 430 g/mol. The molecule has 10 heteroatoms. The Hall–Kier alpha value is -3.31. The molecule has 2 aromatic carbocycles. The van der Waals surface area contributed by atoms with Crippen LogP contribution in [0.15, 0.2) is 48.5 Å². The Morgan fingerprint density at radius 1 is 0.879 bits per heavy atom. The van der Waals surface area contributed by atoms with Crippen LogP contribution in [-0.2, 0) is 30.2 Å². The highest BCUT2D eigenvalue weighted by molar-refractivity contribution is 5.95. The predicted molar refractivity (Wildman–Crippen MR) is 122 cm³/mol. The van der Waals surface area contributed by atoms with E-state index in [1.807, 2.05) is 0 Å². The molecule has 5 N–H and O–H groups in total. The van der Waals surface area contributed by atoms with Crippen LogP contribution in [-0.4, -0.2) is 69.1 Å². The van der Waals surface area contributed by atoms with E-state index in [1.54, 1.807) is 31.4 Å². The average Bonchev–Trinajstić information content (AvgIpc) is 2.80. The van der Waals surface area contributed by atoms with Crippen molar-refractivity contribution in [3.8, 4) is 0 Å². The molecule has 2 rings (SSSR count). The molecule has 10 nitrogen and oxygen atoms in total. The van der Waals surface area contributed by atoms with E-state index in [-0.39, 0.29) is 24.0 Å². The molecular formula is C23H29N3O7. The van der Waals surface area contributed by atoms with Gasteiger partial charge in [-0.15, -0.1) is 0 Å². The molecule has 1 atom stereocenters. The quantitative estimate of drug-likeness (QED) is 0.311. The molecule has 178 valence electrons. The van der Waals surface area contributed by atoms with Crippen molar-refractivity contribution in [2.75, 3.05) is 50.8 Å². The van der Waals surface area contributed by atoms with Crippen LogP contribution in [0.4, 0.5) is 11.4 Å². The van der Waals surface area contributed by atoms with E-state index in [4.69, 9.17) is 25.1 Å². The molecule has 33 heavy (non-hydrogen) atoms. The lowest BCUT2D eigenvalue weighted by atomic mass is 10.1. The summed E-state index contributed by atoms with van der Waals surface area (Å²) in [5, 5.41) is 14.3. The number of anilines is 2. The molecule has 0 saturated carbocycles. The third-order valence-electron chi connectivity index (χ3n) is 4.47. The topological polar surface area (TPSA) is 149 Å². The largest absolute Gasteiger partial charge is 0.478 e. The molecule has 0 aliphatic heterocycles. The Bertz CT molecular complexity index is 901. The highest BCUT2D eigenvalue weighted by Crippen LogP contribution is 2.13. The smallest absolute Gasteiger partial charge is 0.335 e. The first kappa shape index (κ1) is 25.9. The fourth-order valence-electron chi connectivity index (χ4n) is 2.73. The summed E-state index contributed by atoms with van der Waals surface area (Å²) in [6.07, 6.45) is 0.291. The Kier molecular flexibility index (Phi) is 11.0. The Balaban J connectivity index is 1.72. The maximum absolute atomic E-state index is 12.3. The summed E-state index contributed by atoms with van der Waals surface area (Å²) in [5.74, 6) is -1.72. The number of hydrogen-bond acceptors (Lipinski definition) is 7. The number of benzene rings is 2. The number of methoxy groups -OCH3 is 1. The second-order valence-electron chi connectivity index (χ2n) is 7.09. The molecule has 0 bridgehead atoms. The van der Waals surface area contributed by atoms with Gasteiger partial charge in [-0.05, 0) is 48.4 Å². The molecule has 0 aromatic heterocycles. The van der Waals surface area contributed by atoms with Crippen molar-refractivity contribution in [2.45, 2.75) is 12.5 Å². The number of carboxylic acids is 1. The zero-order valence-corrected chi connectivity index (χ0v) is 18.4. The van der Waals surface area contributed by atoms with Crippen molar-refractivity contribution in [1.82, 2.24) is 0 Å². The van der Waals surface area contributed by atoms with Crippen LogP contribution < -0.4 is 16.4 Å². The summed E-state index contributed by atoms with van der Waals surface area (Å²) < 4.78 is 15.3. The number of carbonyl (C=O) groups is 3. The lowest BCUT2D eigenvalue weighted by Crippen LogP contribution is -2.37. The summed E-state index contributed by atoms with van der Waals surface area (Å²) in [6.45, 7) is 1.58. The predicted octanol–water partition coefficient (Wildman–Crippen LogP) is 1.51. The lowest BCUT2D eigenvalue weighted by Gasteiger charge is -2.13. The third kappa shape index (κ3) is 9.79. The van der Waals surface area contributed by atoms with E-state index in [1.165, 1.54) is 24.3 Å². The van der Waals surface area contributed by atoms with Gasteiger partial charge in [0.15, 0.2) is 0 Å². The molecule has 2 amide bonds. The maximum atomic E-state index is 12.3. The van der Waals surface area contributed by atoms with Gasteiger partial charge in [-0.1, -0.05) is 12.1 Å². The first-order valence-electron chi connectivity index (χ1n) is 10.3. The maximum Gasteiger partial charge on any atom is 0.335 e.